The van der Waals surface area contributed by atoms with Crippen molar-refractivity contribution in [1.29, 1.82) is 0 Å². The van der Waals surface area contributed by atoms with Crippen LogP contribution in [0.25, 0.3) is 22.2 Å². The number of hydrogen-bond acceptors (Lipinski definition) is 3. The second-order valence-corrected chi connectivity index (χ2v) is 6.32. The summed E-state index contributed by atoms with van der Waals surface area (Å²) in [4.78, 5) is 4.79. The number of aromatic nitrogens is 3. The summed E-state index contributed by atoms with van der Waals surface area (Å²) in [5, 5.41) is 12.1. The molecule has 4 nitrogen and oxygen atoms in total. The number of aromatic amines is 1. The first-order valence-electron chi connectivity index (χ1n) is 8.38. The Labute approximate surface area is 146 Å². The molecule has 4 heteroatoms. The van der Waals surface area contributed by atoms with Gasteiger partial charge in [-0.05, 0) is 50.1 Å². The Kier molecular flexibility index (Phi) is 3.73. The van der Waals surface area contributed by atoms with Crippen LogP contribution < -0.4 is 5.32 Å². The average Bonchev–Trinajstić information content (AvgIpc) is 3.02. The molecule has 2 heterocycles. The third-order valence-corrected chi connectivity index (χ3v) is 4.66. The van der Waals surface area contributed by atoms with Gasteiger partial charge in [0.25, 0.3) is 0 Å². The van der Waals surface area contributed by atoms with Gasteiger partial charge in [-0.15, -0.1) is 0 Å². The molecule has 0 radical (unpaired) electrons. The Balaban J connectivity index is 1.81. The lowest BCUT2D eigenvalue weighted by Crippen LogP contribution is -2.00. The van der Waals surface area contributed by atoms with Crippen molar-refractivity contribution in [3.8, 4) is 11.3 Å². The number of hydrogen-bond donors (Lipinski definition) is 2. The number of pyridine rings is 1. The third-order valence-electron chi connectivity index (χ3n) is 4.66. The van der Waals surface area contributed by atoms with Crippen LogP contribution in [0.3, 0.4) is 0 Å². The van der Waals surface area contributed by atoms with Crippen molar-refractivity contribution in [2.75, 3.05) is 5.32 Å². The minimum absolute atomic E-state index is 0.833. The molecule has 0 aliphatic rings. The van der Waals surface area contributed by atoms with Crippen LogP contribution >= 0.6 is 0 Å². The molecular formula is C21H20N4. The number of benzene rings is 2. The highest BCUT2D eigenvalue weighted by Gasteiger charge is 2.12. The van der Waals surface area contributed by atoms with E-state index in [1.165, 1.54) is 5.56 Å². The lowest BCUT2D eigenvalue weighted by Gasteiger charge is -2.13. The van der Waals surface area contributed by atoms with Crippen molar-refractivity contribution in [2.45, 2.75) is 20.8 Å². The van der Waals surface area contributed by atoms with Crippen LogP contribution in [0.2, 0.25) is 0 Å². The zero-order valence-electron chi connectivity index (χ0n) is 14.6. The van der Waals surface area contributed by atoms with Gasteiger partial charge in [0.2, 0.25) is 0 Å². The van der Waals surface area contributed by atoms with E-state index in [1.54, 1.807) is 0 Å². The maximum atomic E-state index is 4.79. The molecule has 4 rings (SSSR count). The quantitative estimate of drug-likeness (QED) is 0.537. The van der Waals surface area contributed by atoms with Crippen molar-refractivity contribution in [1.82, 2.24) is 15.2 Å². The summed E-state index contributed by atoms with van der Waals surface area (Å²) >= 11 is 0. The van der Waals surface area contributed by atoms with Crippen LogP contribution in [0.4, 0.5) is 11.5 Å². The number of rotatable bonds is 3. The van der Waals surface area contributed by atoms with Crippen LogP contribution in [0.1, 0.15) is 16.8 Å². The largest absolute Gasteiger partial charge is 0.338 e. The van der Waals surface area contributed by atoms with E-state index < -0.39 is 0 Å². The summed E-state index contributed by atoms with van der Waals surface area (Å²) in [6.07, 6.45) is 0. The van der Waals surface area contributed by atoms with E-state index >= 15 is 0 Å². The summed E-state index contributed by atoms with van der Waals surface area (Å²) in [7, 11) is 0. The molecule has 0 amide bonds. The van der Waals surface area contributed by atoms with Gasteiger partial charge in [-0.3, -0.25) is 10.1 Å². The van der Waals surface area contributed by atoms with Crippen LogP contribution in [-0.4, -0.2) is 15.2 Å². The molecule has 0 saturated carbocycles. The molecule has 0 spiro atoms. The van der Waals surface area contributed by atoms with Gasteiger partial charge in [-0.1, -0.05) is 36.4 Å². The van der Waals surface area contributed by atoms with Crippen molar-refractivity contribution >= 4 is 22.4 Å². The van der Waals surface area contributed by atoms with Gasteiger partial charge in [0.1, 0.15) is 0 Å². The first kappa shape index (κ1) is 15.4. The number of H-pyrrole nitrogens is 1. The number of nitrogens with one attached hydrogen (secondary N) is 2. The highest BCUT2D eigenvalue weighted by molar-refractivity contribution is 5.91. The molecule has 0 bridgehead atoms. The SMILES string of the molecule is Cc1ccccc1-c1cc(Nc2n[nH]c3ccccc23)c(C)c(C)n1. The molecule has 0 saturated heterocycles. The second kappa shape index (κ2) is 6.06. The highest BCUT2D eigenvalue weighted by atomic mass is 15.2. The predicted octanol–water partition coefficient (Wildman–Crippen LogP) is 5.29. The van der Waals surface area contributed by atoms with Crippen molar-refractivity contribution in [3.05, 3.63) is 71.4 Å². The molecular weight excluding hydrogens is 308 g/mol. The predicted molar refractivity (Wildman–Crippen MR) is 103 cm³/mol. The number of anilines is 2. The fourth-order valence-corrected chi connectivity index (χ4v) is 3.05. The summed E-state index contributed by atoms with van der Waals surface area (Å²) in [6, 6.07) is 18.5. The van der Waals surface area contributed by atoms with E-state index in [-0.39, 0.29) is 0 Å². The molecule has 0 aliphatic heterocycles. The molecule has 4 aromatic rings. The smallest absolute Gasteiger partial charge is 0.160 e. The topological polar surface area (TPSA) is 53.6 Å². The lowest BCUT2D eigenvalue weighted by molar-refractivity contribution is 1.11. The minimum atomic E-state index is 0.833. The maximum Gasteiger partial charge on any atom is 0.160 e. The summed E-state index contributed by atoms with van der Waals surface area (Å²) in [6.45, 7) is 6.24. The van der Waals surface area contributed by atoms with Crippen molar-refractivity contribution < 1.29 is 0 Å². The number of aryl methyl sites for hydroxylation is 2. The number of fused-ring (bicyclic) bond motifs is 1. The monoisotopic (exact) mass is 328 g/mol. The van der Waals surface area contributed by atoms with Gasteiger partial charge in [0, 0.05) is 22.3 Å². The van der Waals surface area contributed by atoms with E-state index in [4.69, 9.17) is 4.98 Å². The molecule has 0 unspecified atom stereocenters. The first-order valence-corrected chi connectivity index (χ1v) is 8.38. The molecule has 0 aliphatic carbocycles. The van der Waals surface area contributed by atoms with Crippen LogP contribution in [0.5, 0.6) is 0 Å². The molecule has 25 heavy (non-hydrogen) atoms. The summed E-state index contributed by atoms with van der Waals surface area (Å²) in [5.74, 6) is 0.833. The molecule has 0 atom stereocenters. The average molecular weight is 328 g/mol. The first-order chi connectivity index (χ1) is 12.1. The number of nitrogens with zero attached hydrogens (tertiary/aromatic N) is 2. The molecule has 2 aromatic heterocycles. The Bertz CT molecular complexity index is 1060. The molecule has 2 N–H and O–H groups in total. The lowest BCUT2D eigenvalue weighted by atomic mass is 10.0. The highest BCUT2D eigenvalue weighted by Crippen LogP contribution is 2.31. The van der Waals surface area contributed by atoms with E-state index in [9.17, 15) is 0 Å². The minimum Gasteiger partial charge on any atom is -0.338 e. The van der Waals surface area contributed by atoms with Gasteiger partial charge in [-0.25, -0.2) is 0 Å². The Hall–Kier alpha value is -3.14. The van der Waals surface area contributed by atoms with Gasteiger partial charge < -0.3 is 5.32 Å². The Morgan fingerprint density at radius 3 is 2.52 bits per heavy atom. The third kappa shape index (κ3) is 2.76. The summed E-state index contributed by atoms with van der Waals surface area (Å²) < 4.78 is 0. The van der Waals surface area contributed by atoms with Crippen LogP contribution in [-0.2, 0) is 0 Å². The van der Waals surface area contributed by atoms with Crippen LogP contribution in [0.15, 0.2) is 54.6 Å². The van der Waals surface area contributed by atoms with Gasteiger partial charge >= 0.3 is 0 Å². The standard InChI is InChI=1S/C21H20N4/c1-13-8-4-5-9-16(13)20-12-19(14(2)15(3)22-20)23-21-17-10-6-7-11-18(17)24-25-21/h4-12H,1-3H3,(H2,22,23,24,25). The second-order valence-electron chi connectivity index (χ2n) is 6.32. The van der Waals surface area contributed by atoms with E-state index in [1.807, 2.05) is 31.2 Å². The van der Waals surface area contributed by atoms with Gasteiger partial charge in [-0.2, -0.15) is 5.10 Å². The Morgan fingerprint density at radius 1 is 0.920 bits per heavy atom. The van der Waals surface area contributed by atoms with Gasteiger partial charge in [0.05, 0.1) is 11.2 Å². The molecule has 0 fully saturated rings. The van der Waals surface area contributed by atoms with Gasteiger partial charge in [0.15, 0.2) is 5.82 Å². The van der Waals surface area contributed by atoms with Crippen molar-refractivity contribution in [3.63, 3.8) is 0 Å². The Morgan fingerprint density at radius 2 is 1.68 bits per heavy atom. The maximum absolute atomic E-state index is 4.79. The zero-order chi connectivity index (χ0) is 17.4. The molecule has 124 valence electrons. The number of para-hydroxylation sites is 1. The fourth-order valence-electron chi connectivity index (χ4n) is 3.05. The normalized spacial score (nSPS) is 11.0. The summed E-state index contributed by atoms with van der Waals surface area (Å²) in [5.41, 5.74) is 7.54. The van der Waals surface area contributed by atoms with E-state index in [2.05, 4.69) is 59.7 Å². The van der Waals surface area contributed by atoms with Crippen molar-refractivity contribution in [2.24, 2.45) is 0 Å². The van der Waals surface area contributed by atoms with Crippen LogP contribution in [0, 0.1) is 20.8 Å². The van der Waals surface area contributed by atoms with E-state index in [0.29, 0.717) is 0 Å². The van der Waals surface area contributed by atoms with E-state index in [0.717, 1.165) is 44.9 Å². The zero-order valence-corrected chi connectivity index (χ0v) is 14.6. The molecule has 2 aromatic carbocycles. The fraction of sp³-hybridized carbons (Fsp3) is 0.143.